The van der Waals surface area contributed by atoms with E-state index < -0.39 is 11.7 Å². The molecule has 0 fully saturated rings. The number of anilines is 2. The lowest BCUT2D eigenvalue weighted by molar-refractivity contribution is 0.102. The Balaban J connectivity index is 2.28. The molecule has 0 aliphatic rings. The Bertz CT molecular complexity index is 646. The predicted molar refractivity (Wildman–Crippen MR) is 75.4 cm³/mol. The van der Waals surface area contributed by atoms with Gasteiger partial charge in [0.1, 0.15) is 11.6 Å². The van der Waals surface area contributed by atoms with E-state index >= 15 is 0 Å². The monoisotopic (exact) mass is 323 g/mol. The van der Waals surface area contributed by atoms with E-state index in [0.717, 1.165) is 0 Å². The zero-order valence-electron chi connectivity index (χ0n) is 10.1. The number of carbonyl (C=O) groups is 1. The van der Waals surface area contributed by atoms with E-state index in [2.05, 4.69) is 26.2 Å². The summed E-state index contributed by atoms with van der Waals surface area (Å²) in [7, 11) is 0. The molecule has 19 heavy (non-hydrogen) atoms. The lowest BCUT2D eigenvalue weighted by Crippen LogP contribution is -2.15. The van der Waals surface area contributed by atoms with Crippen LogP contribution < -0.4 is 11.1 Å². The Morgan fingerprint density at radius 1 is 1.42 bits per heavy atom. The van der Waals surface area contributed by atoms with E-state index in [0.29, 0.717) is 21.5 Å². The van der Waals surface area contributed by atoms with Crippen molar-refractivity contribution in [1.82, 2.24) is 4.98 Å². The first kappa shape index (κ1) is 13.5. The van der Waals surface area contributed by atoms with Crippen molar-refractivity contribution < 1.29 is 9.18 Å². The molecule has 0 atom stereocenters. The number of benzene rings is 1. The highest BCUT2D eigenvalue weighted by Gasteiger charge is 2.12. The van der Waals surface area contributed by atoms with E-state index in [9.17, 15) is 9.18 Å². The van der Waals surface area contributed by atoms with Gasteiger partial charge in [0.15, 0.2) is 0 Å². The summed E-state index contributed by atoms with van der Waals surface area (Å²) in [6.45, 7) is 1.74. The van der Waals surface area contributed by atoms with Crippen molar-refractivity contribution in [2.75, 3.05) is 11.1 Å². The molecule has 6 heteroatoms. The predicted octanol–water partition coefficient (Wildman–Crippen LogP) is 3.13. The SMILES string of the molecule is Cc1ccc(F)cc1C(=O)Nc1ncc(N)cc1Br. The highest BCUT2D eigenvalue weighted by molar-refractivity contribution is 9.10. The number of nitrogens with one attached hydrogen (secondary N) is 1. The van der Waals surface area contributed by atoms with Crippen LogP contribution in [0.15, 0.2) is 34.9 Å². The highest BCUT2D eigenvalue weighted by atomic mass is 79.9. The Morgan fingerprint density at radius 2 is 2.16 bits per heavy atom. The lowest BCUT2D eigenvalue weighted by Gasteiger charge is -2.09. The fourth-order valence-corrected chi connectivity index (χ4v) is 2.02. The third-order valence-corrected chi connectivity index (χ3v) is 3.14. The molecule has 3 N–H and O–H groups in total. The molecule has 1 heterocycles. The summed E-state index contributed by atoms with van der Waals surface area (Å²) in [6.07, 6.45) is 1.43. The van der Waals surface area contributed by atoms with Crippen LogP contribution in [0.25, 0.3) is 0 Å². The highest BCUT2D eigenvalue weighted by Crippen LogP contribution is 2.22. The number of halogens is 2. The van der Waals surface area contributed by atoms with Crippen molar-refractivity contribution in [2.45, 2.75) is 6.92 Å². The topological polar surface area (TPSA) is 68.0 Å². The first-order valence-corrected chi connectivity index (χ1v) is 6.25. The van der Waals surface area contributed by atoms with Gasteiger partial charge in [-0.3, -0.25) is 4.79 Å². The van der Waals surface area contributed by atoms with Gasteiger partial charge >= 0.3 is 0 Å². The van der Waals surface area contributed by atoms with Crippen molar-refractivity contribution in [1.29, 1.82) is 0 Å². The number of hydrogen-bond donors (Lipinski definition) is 2. The maximum Gasteiger partial charge on any atom is 0.257 e. The average Bonchev–Trinajstić information content (AvgIpc) is 2.35. The van der Waals surface area contributed by atoms with Crippen LogP contribution in [0, 0.1) is 12.7 Å². The Labute approximate surface area is 118 Å². The van der Waals surface area contributed by atoms with Gasteiger partial charge in [-0.05, 0) is 46.6 Å². The van der Waals surface area contributed by atoms with E-state index in [-0.39, 0.29) is 5.56 Å². The summed E-state index contributed by atoms with van der Waals surface area (Å²) in [5, 5.41) is 2.60. The molecule has 0 aliphatic heterocycles. The van der Waals surface area contributed by atoms with Gasteiger partial charge in [0.05, 0.1) is 16.4 Å². The van der Waals surface area contributed by atoms with Crippen LogP contribution in [-0.2, 0) is 0 Å². The van der Waals surface area contributed by atoms with Crippen LogP contribution in [0.4, 0.5) is 15.9 Å². The van der Waals surface area contributed by atoms with E-state index in [4.69, 9.17) is 5.73 Å². The van der Waals surface area contributed by atoms with Crippen molar-refractivity contribution in [3.63, 3.8) is 0 Å². The van der Waals surface area contributed by atoms with Crippen molar-refractivity contribution in [3.8, 4) is 0 Å². The van der Waals surface area contributed by atoms with Crippen LogP contribution in [0.3, 0.4) is 0 Å². The number of nitrogens with zero attached hydrogens (tertiary/aromatic N) is 1. The molecule has 0 bridgehead atoms. The van der Waals surface area contributed by atoms with E-state index in [1.165, 1.54) is 18.3 Å². The number of rotatable bonds is 2. The first-order chi connectivity index (χ1) is 8.97. The molecule has 2 aromatic rings. The number of aromatic nitrogens is 1. The largest absolute Gasteiger partial charge is 0.397 e. The van der Waals surface area contributed by atoms with Gasteiger partial charge in [-0.25, -0.2) is 9.37 Å². The lowest BCUT2D eigenvalue weighted by atomic mass is 10.1. The molecular weight excluding hydrogens is 313 g/mol. The maximum atomic E-state index is 13.2. The zero-order valence-corrected chi connectivity index (χ0v) is 11.7. The molecule has 1 aromatic heterocycles. The molecule has 1 amide bonds. The zero-order chi connectivity index (χ0) is 14.0. The molecule has 4 nitrogen and oxygen atoms in total. The second-order valence-electron chi connectivity index (χ2n) is 4.01. The minimum Gasteiger partial charge on any atom is -0.397 e. The number of amides is 1. The van der Waals surface area contributed by atoms with Crippen molar-refractivity contribution in [3.05, 3.63) is 51.9 Å². The average molecular weight is 324 g/mol. The number of aryl methyl sites for hydroxylation is 1. The number of hydrogen-bond acceptors (Lipinski definition) is 3. The number of pyridine rings is 1. The Morgan fingerprint density at radius 3 is 2.84 bits per heavy atom. The fourth-order valence-electron chi connectivity index (χ4n) is 1.56. The second kappa shape index (κ2) is 5.36. The molecule has 98 valence electrons. The van der Waals surface area contributed by atoms with E-state index in [1.807, 2.05) is 0 Å². The quantitative estimate of drug-likeness (QED) is 0.892. The van der Waals surface area contributed by atoms with E-state index in [1.54, 1.807) is 19.1 Å². The van der Waals surface area contributed by atoms with Crippen LogP contribution in [-0.4, -0.2) is 10.9 Å². The molecule has 0 saturated carbocycles. The van der Waals surface area contributed by atoms with Gasteiger partial charge in [0.25, 0.3) is 5.91 Å². The van der Waals surface area contributed by atoms with Crippen LogP contribution in [0.1, 0.15) is 15.9 Å². The third-order valence-electron chi connectivity index (χ3n) is 2.54. The van der Waals surface area contributed by atoms with Gasteiger partial charge in [-0.15, -0.1) is 0 Å². The summed E-state index contributed by atoms with van der Waals surface area (Å²) in [4.78, 5) is 16.1. The summed E-state index contributed by atoms with van der Waals surface area (Å²) in [6, 6.07) is 5.68. The molecule has 0 radical (unpaired) electrons. The van der Waals surface area contributed by atoms with Crippen LogP contribution in [0.2, 0.25) is 0 Å². The van der Waals surface area contributed by atoms with Crippen LogP contribution >= 0.6 is 15.9 Å². The number of nitrogen functional groups attached to an aromatic ring is 1. The second-order valence-corrected chi connectivity index (χ2v) is 4.87. The molecular formula is C13H11BrFN3O. The maximum absolute atomic E-state index is 13.2. The Hall–Kier alpha value is -1.95. The number of nitrogens with two attached hydrogens (primary N) is 1. The fraction of sp³-hybridized carbons (Fsp3) is 0.0769. The molecule has 0 spiro atoms. The van der Waals surface area contributed by atoms with Gasteiger partial charge in [0.2, 0.25) is 0 Å². The van der Waals surface area contributed by atoms with Gasteiger partial charge in [0, 0.05) is 5.56 Å². The Kier molecular flexibility index (Phi) is 3.80. The van der Waals surface area contributed by atoms with Gasteiger partial charge < -0.3 is 11.1 Å². The van der Waals surface area contributed by atoms with Crippen molar-refractivity contribution >= 4 is 33.3 Å². The van der Waals surface area contributed by atoms with Gasteiger partial charge in [-0.1, -0.05) is 6.07 Å². The molecule has 0 saturated heterocycles. The number of carbonyl (C=O) groups excluding carboxylic acids is 1. The molecule has 0 unspecified atom stereocenters. The summed E-state index contributed by atoms with van der Waals surface area (Å²) >= 11 is 3.25. The van der Waals surface area contributed by atoms with Crippen molar-refractivity contribution in [2.24, 2.45) is 0 Å². The van der Waals surface area contributed by atoms with Gasteiger partial charge in [-0.2, -0.15) is 0 Å². The molecule has 1 aromatic carbocycles. The third kappa shape index (κ3) is 3.08. The summed E-state index contributed by atoms with van der Waals surface area (Å²) in [5.74, 6) is -0.544. The minimum atomic E-state index is -0.458. The normalized spacial score (nSPS) is 10.3. The van der Waals surface area contributed by atoms with Crippen LogP contribution in [0.5, 0.6) is 0 Å². The first-order valence-electron chi connectivity index (χ1n) is 5.46. The minimum absolute atomic E-state index is 0.269. The summed E-state index contributed by atoms with van der Waals surface area (Å²) in [5.41, 5.74) is 6.99. The summed E-state index contributed by atoms with van der Waals surface area (Å²) < 4.78 is 13.7. The smallest absolute Gasteiger partial charge is 0.257 e. The standard InChI is InChI=1S/C13H11BrFN3O/c1-7-2-3-8(15)4-10(7)13(19)18-12-11(14)5-9(16)6-17-12/h2-6H,16H2,1H3,(H,17,18,19). The molecule has 0 aliphatic carbocycles. The molecule has 2 rings (SSSR count).